The van der Waals surface area contributed by atoms with Crippen LogP contribution >= 0.6 is 0 Å². The fourth-order valence-corrected chi connectivity index (χ4v) is 2.70. The van der Waals surface area contributed by atoms with Crippen molar-refractivity contribution in [1.29, 1.82) is 0 Å². The predicted octanol–water partition coefficient (Wildman–Crippen LogP) is -1.48. The SMILES string of the molecule is CC(C)CC(N)C(=O)NC(C)C(=O)NC(CC(=O)O)C(=O)NC(CCCCN)C(=O)O. The molecule has 0 aliphatic heterocycles. The third kappa shape index (κ3) is 11.9. The van der Waals surface area contributed by atoms with Gasteiger partial charge in [0.25, 0.3) is 0 Å². The number of rotatable bonds is 15. The van der Waals surface area contributed by atoms with Crippen LogP contribution in [0, 0.1) is 5.92 Å². The van der Waals surface area contributed by atoms with Gasteiger partial charge < -0.3 is 37.6 Å². The number of hydrogen-bond acceptors (Lipinski definition) is 7. The number of nitrogens with two attached hydrogens (primary N) is 2. The van der Waals surface area contributed by atoms with Crippen LogP contribution < -0.4 is 27.4 Å². The highest BCUT2D eigenvalue weighted by Crippen LogP contribution is 2.05. The van der Waals surface area contributed by atoms with Gasteiger partial charge in [0, 0.05) is 0 Å². The summed E-state index contributed by atoms with van der Waals surface area (Å²) in [5.41, 5.74) is 11.1. The Hall–Kier alpha value is -2.73. The Morgan fingerprint density at radius 1 is 0.839 bits per heavy atom. The fourth-order valence-electron chi connectivity index (χ4n) is 2.70. The van der Waals surface area contributed by atoms with E-state index in [1.165, 1.54) is 6.92 Å². The average molecular weight is 446 g/mol. The molecule has 0 heterocycles. The summed E-state index contributed by atoms with van der Waals surface area (Å²) in [6.45, 7) is 5.50. The van der Waals surface area contributed by atoms with Gasteiger partial charge in [-0.15, -0.1) is 0 Å². The van der Waals surface area contributed by atoms with E-state index in [4.69, 9.17) is 16.6 Å². The molecule has 0 aromatic heterocycles. The van der Waals surface area contributed by atoms with Gasteiger partial charge in [0.1, 0.15) is 18.1 Å². The number of unbranched alkanes of at least 4 members (excludes halogenated alkanes) is 1. The average Bonchev–Trinajstić information content (AvgIpc) is 2.65. The van der Waals surface area contributed by atoms with Gasteiger partial charge in [0.05, 0.1) is 12.5 Å². The number of carboxylic acid groups (broad SMARTS) is 2. The van der Waals surface area contributed by atoms with Gasteiger partial charge in [-0.3, -0.25) is 19.2 Å². The molecule has 0 radical (unpaired) electrons. The van der Waals surface area contributed by atoms with Gasteiger partial charge in [0.2, 0.25) is 17.7 Å². The first-order valence-electron chi connectivity index (χ1n) is 10.2. The molecule has 12 nitrogen and oxygen atoms in total. The monoisotopic (exact) mass is 445 g/mol. The number of hydrogen-bond donors (Lipinski definition) is 7. The molecule has 4 unspecified atom stereocenters. The molecule has 0 rings (SSSR count). The maximum atomic E-state index is 12.5. The summed E-state index contributed by atoms with van der Waals surface area (Å²) in [5, 5.41) is 25.2. The van der Waals surface area contributed by atoms with Crippen molar-refractivity contribution in [3.63, 3.8) is 0 Å². The van der Waals surface area contributed by atoms with Crippen LogP contribution in [0.15, 0.2) is 0 Å². The molecule has 0 aliphatic rings. The van der Waals surface area contributed by atoms with E-state index in [0.29, 0.717) is 25.8 Å². The Kier molecular flexibility index (Phi) is 13.0. The zero-order chi connectivity index (χ0) is 24.1. The summed E-state index contributed by atoms with van der Waals surface area (Å²) in [6, 6.07) is -4.68. The van der Waals surface area contributed by atoms with Gasteiger partial charge in [-0.1, -0.05) is 13.8 Å². The molecule has 3 amide bonds. The van der Waals surface area contributed by atoms with Gasteiger partial charge in [-0.2, -0.15) is 0 Å². The van der Waals surface area contributed by atoms with Crippen molar-refractivity contribution < 1.29 is 34.2 Å². The second-order valence-corrected chi connectivity index (χ2v) is 7.81. The van der Waals surface area contributed by atoms with Crippen LogP contribution in [0.2, 0.25) is 0 Å². The lowest BCUT2D eigenvalue weighted by Crippen LogP contribution is -2.56. The van der Waals surface area contributed by atoms with E-state index in [0.717, 1.165) is 0 Å². The molecular formula is C19H35N5O7. The van der Waals surface area contributed by atoms with Gasteiger partial charge in [0.15, 0.2) is 0 Å². The molecule has 0 saturated carbocycles. The van der Waals surface area contributed by atoms with Crippen LogP contribution in [-0.4, -0.2) is 70.6 Å². The first kappa shape index (κ1) is 28.3. The first-order chi connectivity index (χ1) is 14.4. The maximum Gasteiger partial charge on any atom is 0.326 e. The molecule has 0 aliphatic carbocycles. The zero-order valence-electron chi connectivity index (χ0n) is 18.2. The minimum Gasteiger partial charge on any atom is -0.481 e. The minimum atomic E-state index is -1.52. The van der Waals surface area contributed by atoms with E-state index in [2.05, 4.69) is 16.0 Å². The van der Waals surface area contributed by atoms with Gasteiger partial charge in [-0.25, -0.2) is 4.79 Å². The molecular weight excluding hydrogens is 410 g/mol. The fraction of sp³-hybridized carbons (Fsp3) is 0.737. The number of carboxylic acids is 2. The largest absolute Gasteiger partial charge is 0.481 e. The molecule has 31 heavy (non-hydrogen) atoms. The van der Waals surface area contributed by atoms with E-state index >= 15 is 0 Å². The second-order valence-electron chi connectivity index (χ2n) is 7.81. The van der Waals surface area contributed by atoms with Crippen molar-refractivity contribution in [3.05, 3.63) is 0 Å². The molecule has 0 saturated heterocycles. The van der Waals surface area contributed by atoms with Crippen molar-refractivity contribution in [3.8, 4) is 0 Å². The smallest absolute Gasteiger partial charge is 0.326 e. The summed E-state index contributed by atoms with van der Waals surface area (Å²) in [6.07, 6.45) is 0.756. The normalized spacial score (nSPS) is 14.8. The van der Waals surface area contributed by atoms with Crippen molar-refractivity contribution >= 4 is 29.7 Å². The highest BCUT2D eigenvalue weighted by molar-refractivity contribution is 5.95. The Morgan fingerprint density at radius 2 is 1.42 bits per heavy atom. The second kappa shape index (κ2) is 14.3. The van der Waals surface area contributed by atoms with Crippen LogP contribution in [0.3, 0.4) is 0 Å². The van der Waals surface area contributed by atoms with Gasteiger partial charge >= 0.3 is 11.9 Å². The third-order valence-corrected chi connectivity index (χ3v) is 4.39. The van der Waals surface area contributed by atoms with Crippen LogP contribution in [0.25, 0.3) is 0 Å². The molecule has 0 aromatic rings. The van der Waals surface area contributed by atoms with Crippen molar-refractivity contribution in [2.45, 2.75) is 77.0 Å². The van der Waals surface area contributed by atoms with Gasteiger partial charge in [-0.05, 0) is 45.1 Å². The lowest BCUT2D eigenvalue weighted by molar-refractivity contribution is -0.143. The van der Waals surface area contributed by atoms with Crippen molar-refractivity contribution in [2.75, 3.05) is 6.54 Å². The van der Waals surface area contributed by atoms with Crippen molar-refractivity contribution in [2.24, 2.45) is 17.4 Å². The molecule has 4 atom stereocenters. The Balaban J connectivity index is 5.07. The Morgan fingerprint density at radius 3 is 1.90 bits per heavy atom. The van der Waals surface area contributed by atoms with E-state index in [9.17, 15) is 29.1 Å². The van der Waals surface area contributed by atoms with Crippen LogP contribution in [-0.2, 0) is 24.0 Å². The lowest BCUT2D eigenvalue weighted by Gasteiger charge is -2.23. The zero-order valence-corrected chi connectivity index (χ0v) is 18.2. The number of carbonyl (C=O) groups excluding carboxylic acids is 3. The molecule has 0 spiro atoms. The minimum absolute atomic E-state index is 0.103. The molecule has 0 aromatic carbocycles. The Bertz CT molecular complexity index is 641. The van der Waals surface area contributed by atoms with E-state index in [1.54, 1.807) is 0 Å². The standard InChI is InChI=1S/C19H35N5O7/c1-10(2)8-12(21)17(28)22-11(3)16(27)24-14(9-15(25)26)18(29)23-13(19(30)31)6-4-5-7-20/h10-14H,4-9,20-21H2,1-3H3,(H,22,28)(H,23,29)(H,24,27)(H,25,26)(H,30,31). The number of carbonyl (C=O) groups is 5. The lowest BCUT2D eigenvalue weighted by atomic mass is 10.0. The summed E-state index contributed by atoms with van der Waals surface area (Å²) in [5.74, 6) is -4.80. The van der Waals surface area contributed by atoms with Crippen LogP contribution in [0.1, 0.15) is 52.9 Å². The highest BCUT2D eigenvalue weighted by Gasteiger charge is 2.30. The van der Waals surface area contributed by atoms with E-state index in [-0.39, 0.29) is 12.3 Å². The van der Waals surface area contributed by atoms with Crippen LogP contribution in [0.5, 0.6) is 0 Å². The number of amides is 3. The molecule has 0 fully saturated rings. The predicted molar refractivity (Wildman–Crippen MR) is 112 cm³/mol. The molecule has 0 bridgehead atoms. The number of nitrogens with one attached hydrogen (secondary N) is 3. The summed E-state index contributed by atoms with van der Waals surface area (Å²) in [7, 11) is 0. The molecule has 178 valence electrons. The van der Waals surface area contributed by atoms with E-state index < -0.39 is 60.2 Å². The quantitative estimate of drug-likeness (QED) is 0.146. The first-order valence-corrected chi connectivity index (χ1v) is 10.2. The summed E-state index contributed by atoms with van der Waals surface area (Å²) < 4.78 is 0. The summed E-state index contributed by atoms with van der Waals surface area (Å²) in [4.78, 5) is 59.4. The summed E-state index contributed by atoms with van der Waals surface area (Å²) >= 11 is 0. The molecule has 12 heteroatoms. The topological polar surface area (TPSA) is 214 Å². The maximum absolute atomic E-state index is 12.5. The Labute approximate surface area is 181 Å². The molecule has 9 N–H and O–H groups in total. The third-order valence-electron chi connectivity index (χ3n) is 4.39. The van der Waals surface area contributed by atoms with Crippen LogP contribution in [0.4, 0.5) is 0 Å². The van der Waals surface area contributed by atoms with E-state index in [1.807, 2.05) is 13.8 Å². The number of aliphatic carboxylic acids is 2. The highest BCUT2D eigenvalue weighted by atomic mass is 16.4. The van der Waals surface area contributed by atoms with Crippen molar-refractivity contribution in [1.82, 2.24) is 16.0 Å².